The number of nitrogens with zero attached hydrogens (tertiary/aromatic N) is 3. The lowest BCUT2D eigenvalue weighted by Crippen LogP contribution is -2.22. The summed E-state index contributed by atoms with van der Waals surface area (Å²) in [5, 5.41) is 7.52. The number of amides is 1. The van der Waals surface area contributed by atoms with Gasteiger partial charge < -0.3 is 9.47 Å². The average molecular weight is 687 g/mol. The lowest BCUT2D eigenvalue weighted by Gasteiger charge is -2.11. The quantitative estimate of drug-likeness (QED) is 0.114. The largest absolute Gasteiger partial charge is 0.461 e. The molecule has 47 heavy (non-hydrogen) atoms. The van der Waals surface area contributed by atoms with Crippen LogP contribution in [0.5, 0.6) is 0 Å². The smallest absolute Gasteiger partial charge is 0.359 e. The van der Waals surface area contributed by atoms with Crippen LogP contribution < -0.4 is 10.6 Å². The number of benzene rings is 2. The van der Waals surface area contributed by atoms with Crippen molar-refractivity contribution in [2.45, 2.75) is 23.6 Å². The van der Waals surface area contributed by atoms with Crippen LogP contribution in [0.4, 0.5) is 5.69 Å². The predicted molar refractivity (Wildman–Crippen MR) is 166 cm³/mol. The van der Waals surface area contributed by atoms with Gasteiger partial charge in [0.25, 0.3) is 31.7 Å². The first kappa shape index (κ1) is 34.4. The molecule has 4 rings (SSSR count). The molecule has 2 aromatic carbocycles. The number of H-pyrrole nitrogens is 1. The number of esters is 2. The number of allylic oxidation sites excluding steroid dienone is 4. The van der Waals surface area contributed by atoms with Gasteiger partial charge in [-0.25, -0.2) is 14.3 Å². The Bertz CT molecular complexity index is 2120. The number of aromatic amines is 1. The van der Waals surface area contributed by atoms with E-state index in [1.54, 1.807) is 13.8 Å². The summed E-state index contributed by atoms with van der Waals surface area (Å²) in [5.74, 6) is -2.50. The molecule has 0 saturated carbocycles. The third-order valence-corrected chi connectivity index (χ3v) is 8.01. The van der Waals surface area contributed by atoms with Gasteiger partial charge in [-0.2, -0.15) is 26.9 Å². The molecular weight excluding hydrogens is 660 g/mol. The molecule has 0 unspecified atom stereocenters. The van der Waals surface area contributed by atoms with Gasteiger partial charge in [0.2, 0.25) is 0 Å². The molecule has 18 heteroatoms. The summed E-state index contributed by atoms with van der Waals surface area (Å²) >= 11 is 0. The van der Waals surface area contributed by atoms with Gasteiger partial charge in [-0.15, -0.1) is 0 Å². The molecule has 16 nitrogen and oxygen atoms in total. The molecule has 0 atom stereocenters. The van der Waals surface area contributed by atoms with E-state index >= 15 is 0 Å². The Balaban J connectivity index is 1.65. The molecule has 0 bridgehead atoms. The first-order chi connectivity index (χ1) is 22.2. The summed E-state index contributed by atoms with van der Waals surface area (Å²) < 4.78 is 74.9. The second kappa shape index (κ2) is 13.9. The molecule has 1 aliphatic rings. The van der Waals surface area contributed by atoms with Gasteiger partial charge in [-0.3, -0.25) is 23.8 Å². The lowest BCUT2D eigenvalue weighted by atomic mass is 10.1. The summed E-state index contributed by atoms with van der Waals surface area (Å²) in [6, 6.07) is 9.15. The fourth-order valence-electron chi connectivity index (χ4n) is 4.13. The maximum absolute atomic E-state index is 13.2. The van der Waals surface area contributed by atoms with Crippen molar-refractivity contribution in [1.82, 2.24) is 9.78 Å². The minimum absolute atomic E-state index is 0.00576. The number of aromatic nitrogens is 2. The monoisotopic (exact) mass is 686 g/mol. The number of rotatable bonds is 11. The molecule has 1 aliphatic heterocycles. The predicted octanol–water partition coefficient (Wildman–Crippen LogP) is 2.30. The number of hydrogen-bond donors (Lipinski definition) is 3. The minimum Gasteiger partial charge on any atom is -0.461 e. The zero-order chi connectivity index (χ0) is 34.5. The first-order valence-electron chi connectivity index (χ1n) is 13.5. The molecule has 0 aliphatic carbocycles. The molecule has 246 valence electrons. The third-order valence-electron chi connectivity index (χ3n) is 6.27. The Hall–Kier alpha value is -5.43. The Labute approximate surface area is 267 Å². The molecule has 1 aromatic heterocycles. The van der Waals surface area contributed by atoms with Crippen LogP contribution in [0.1, 0.15) is 29.9 Å². The van der Waals surface area contributed by atoms with Crippen LogP contribution in [-0.2, 0) is 39.3 Å². The number of nitrogens with one attached hydrogen (secondary N) is 1. The number of hydrazone groups is 1. The molecule has 0 saturated heterocycles. The van der Waals surface area contributed by atoms with Crippen molar-refractivity contribution in [3.05, 3.63) is 100 Å². The summed E-state index contributed by atoms with van der Waals surface area (Å²) in [7, 11) is -8.96. The highest BCUT2D eigenvalue weighted by atomic mass is 32.2. The number of anilines is 1. The van der Waals surface area contributed by atoms with Gasteiger partial charge in [-0.1, -0.05) is 18.2 Å². The fraction of sp³-hybridized carbons (Fsp3) is 0.138. The summed E-state index contributed by atoms with van der Waals surface area (Å²) in [5.41, 5.74) is -1.29. The van der Waals surface area contributed by atoms with Gasteiger partial charge in [-0.05, 0) is 74.5 Å². The maximum atomic E-state index is 13.2. The molecule has 0 spiro atoms. The number of carbonyl (C=O) groups is 3. The van der Waals surface area contributed by atoms with Crippen LogP contribution in [0.3, 0.4) is 0 Å². The second-order valence-corrected chi connectivity index (χ2v) is 12.2. The molecule has 0 radical (unpaired) electrons. The van der Waals surface area contributed by atoms with Gasteiger partial charge in [0.1, 0.15) is 0 Å². The highest BCUT2D eigenvalue weighted by Crippen LogP contribution is 2.26. The van der Waals surface area contributed by atoms with E-state index in [2.05, 4.69) is 10.2 Å². The van der Waals surface area contributed by atoms with E-state index in [0.717, 1.165) is 34.0 Å². The molecule has 2 heterocycles. The molecule has 3 N–H and O–H groups in total. The Morgan fingerprint density at radius 2 is 1.34 bits per heavy atom. The van der Waals surface area contributed by atoms with Crippen LogP contribution in [-0.4, -0.2) is 72.5 Å². The summed E-state index contributed by atoms with van der Waals surface area (Å²) in [6.07, 6.45) is 6.64. The highest BCUT2D eigenvalue weighted by molar-refractivity contribution is 7.86. The molecular formula is C29H26N4O12S2. The Morgan fingerprint density at radius 3 is 1.87 bits per heavy atom. The van der Waals surface area contributed by atoms with Gasteiger partial charge in [0, 0.05) is 0 Å². The van der Waals surface area contributed by atoms with Gasteiger partial charge in [0.05, 0.1) is 45.5 Å². The molecule has 0 fully saturated rings. The van der Waals surface area contributed by atoms with Crippen molar-refractivity contribution in [1.29, 1.82) is 0 Å². The number of hydrogen-bond acceptors (Lipinski definition) is 11. The fourth-order valence-corrected chi connectivity index (χ4v) is 5.09. The van der Waals surface area contributed by atoms with Crippen LogP contribution in [0.2, 0.25) is 0 Å². The number of ether oxygens (including phenoxy) is 2. The van der Waals surface area contributed by atoms with E-state index in [1.165, 1.54) is 54.6 Å². The van der Waals surface area contributed by atoms with Crippen molar-refractivity contribution >= 4 is 55.6 Å². The van der Waals surface area contributed by atoms with Gasteiger partial charge >= 0.3 is 11.9 Å². The van der Waals surface area contributed by atoms with Crippen LogP contribution in [0.15, 0.2) is 98.1 Å². The second-order valence-electron chi connectivity index (χ2n) is 9.31. The Kier molecular flexibility index (Phi) is 10.2. The first-order valence-corrected chi connectivity index (χ1v) is 16.4. The minimum atomic E-state index is -4.49. The van der Waals surface area contributed by atoms with E-state index in [4.69, 9.17) is 9.47 Å². The molecule has 3 aromatic rings. The van der Waals surface area contributed by atoms with E-state index in [1.807, 2.05) is 0 Å². The topological polar surface area (TPSA) is 232 Å². The summed E-state index contributed by atoms with van der Waals surface area (Å²) in [4.78, 5) is 50.8. The standard InChI is InChI=1S/C29H26N4O12S2/c1-3-44-28(36)24-22(26(34)32(30-24)18-10-14-20(15-11-18)46(38,39)40)8-6-5-7-9-23-25(29(37)45-4-2)31-33(27(23)35)19-12-16-21(17-13-19)47(41,42)43/h5-17,30H,3-4H2,1-2H3,(H,38,39,40)(H,41,42,43)/b7-5+,8-6-,23-9+. The van der Waals surface area contributed by atoms with E-state index in [0.29, 0.717) is 0 Å². The average Bonchev–Trinajstić information content (AvgIpc) is 3.52. The zero-order valence-electron chi connectivity index (χ0n) is 24.6. The van der Waals surface area contributed by atoms with Crippen LogP contribution >= 0.6 is 0 Å². The normalized spacial score (nSPS) is 14.7. The van der Waals surface area contributed by atoms with Crippen molar-refractivity contribution in [2.75, 3.05) is 18.2 Å². The lowest BCUT2D eigenvalue weighted by molar-refractivity contribution is -0.135. The maximum Gasteiger partial charge on any atom is 0.359 e. The van der Waals surface area contributed by atoms with E-state index < -0.39 is 53.4 Å². The van der Waals surface area contributed by atoms with Crippen LogP contribution in [0, 0.1) is 0 Å². The van der Waals surface area contributed by atoms with Crippen molar-refractivity contribution < 1.29 is 49.8 Å². The van der Waals surface area contributed by atoms with E-state index in [9.17, 15) is 45.1 Å². The Morgan fingerprint density at radius 1 is 0.809 bits per heavy atom. The van der Waals surface area contributed by atoms with Crippen molar-refractivity contribution in [3.63, 3.8) is 0 Å². The number of carbonyl (C=O) groups excluding carboxylic acids is 3. The third kappa shape index (κ3) is 7.69. The van der Waals surface area contributed by atoms with Crippen LogP contribution in [0.25, 0.3) is 11.8 Å². The van der Waals surface area contributed by atoms with Gasteiger partial charge in [0.15, 0.2) is 11.4 Å². The summed E-state index contributed by atoms with van der Waals surface area (Å²) in [6.45, 7) is 3.12. The highest BCUT2D eigenvalue weighted by Gasteiger charge is 2.35. The van der Waals surface area contributed by atoms with Crippen molar-refractivity contribution in [3.8, 4) is 5.69 Å². The zero-order valence-corrected chi connectivity index (χ0v) is 26.2. The van der Waals surface area contributed by atoms with Crippen molar-refractivity contribution in [2.24, 2.45) is 5.10 Å². The SMILES string of the molecule is CCOC(=O)C1=NN(c2ccc(S(=O)(=O)O)cc2)C(=O)/C1=C/C=C/C=C\c1c(C(=O)OCC)[nH]n(-c2ccc(S(=O)(=O)O)cc2)c1=O. The van der Waals surface area contributed by atoms with E-state index in [-0.39, 0.29) is 47.1 Å². The molecule has 1 amide bonds.